The maximum absolute atomic E-state index is 13.3. The molecular weight excluding hydrogens is 419 g/mol. The molecule has 0 aliphatic heterocycles. The van der Waals surface area contributed by atoms with Crippen LogP contribution in [0, 0.1) is 10.1 Å². The molecule has 0 aliphatic carbocycles. The Bertz CT molecular complexity index is 959. The van der Waals surface area contributed by atoms with Crippen LogP contribution in [0.5, 0.6) is 11.5 Å². The molecule has 0 N–H and O–H groups in total. The number of non-ortho nitro benzene ring substituents is 1. The van der Waals surface area contributed by atoms with Crippen molar-refractivity contribution in [2.75, 3.05) is 0 Å². The highest BCUT2D eigenvalue weighted by molar-refractivity contribution is 6.35. The molecule has 0 amide bonds. The summed E-state index contributed by atoms with van der Waals surface area (Å²) < 4.78 is 50.1. The number of ether oxygens (including phenoxy) is 2. The van der Waals surface area contributed by atoms with Crippen LogP contribution in [-0.2, 0) is 15.7 Å². The Morgan fingerprint density at radius 1 is 1.14 bits per heavy atom. The van der Waals surface area contributed by atoms with Crippen molar-refractivity contribution in [3.63, 3.8) is 0 Å². The Morgan fingerprint density at radius 2 is 1.72 bits per heavy atom. The zero-order valence-electron chi connectivity index (χ0n) is 15.0. The van der Waals surface area contributed by atoms with Gasteiger partial charge in [-0.25, -0.2) is 4.79 Å². The average molecular weight is 432 g/mol. The minimum absolute atomic E-state index is 0.0358. The van der Waals surface area contributed by atoms with Crippen LogP contribution in [0.3, 0.4) is 0 Å². The molecule has 0 saturated heterocycles. The number of carbonyl (C=O) groups excluding carboxylic acids is 2. The fourth-order valence-corrected chi connectivity index (χ4v) is 2.42. The number of halogens is 4. The molecule has 2 aromatic carbocycles. The summed E-state index contributed by atoms with van der Waals surface area (Å²) in [6.45, 7) is 2.32. The van der Waals surface area contributed by atoms with Gasteiger partial charge in [-0.1, -0.05) is 11.6 Å². The number of carbonyl (C=O) groups is 2. The molecule has 7 nitrogen and oxygen atoms in total. The number of nitro groups is 1. The Morgan fingerprint density at radius 3 is 2.21 bits per heavy atom. The van der Waals surface area contributed by atoms with Gasteiger partial charge in [-0.05, 0) is 38.1 Å². The van der Waals surface area contributed by atoms with Crippen LogP contribution in [0.1, 0.15) is 29.8 Å². The van der Waals surface area contributed by atoms with Crippen LogP contribution in [0.4, 0.5) is 18.9 Å². The van der Waals surface area contributed by atoms with E-state index in [1.807, 2.05) is 0 Å². The normalized spacial score (nSPS) is 12.2. The van der Waals surface area contributed by atoms with Crippen LogP contribution in [0.2, 0.25) is 5.02 Å². The van der Waals surface area contributed by atoms with Crippen molar-refractivity contribution in [2.45, 2.75) is 26.1 Å². The van der Waals surface area contributed by atoms with E-state index in [1.165, 1.54) is 19.1 Å². The number of Topliss-reactive ketones (excluding diaryl/α,β-unsaturated/α-hetero) is 1. The molecule has 0 aromatic heterocycles. The van der Waals surface area contributed by atoms with Crippen molar-refractivity contribution < 1.29 is 37.2 Å². The van der Waals surface area contributed by atoms with Crippen LogP contribution < -0.4 is 4.74 Å². The molecule has 0 bridgehead atoms. The molecule has 0 saturated carbocycles. The number of nitrogens with zero attached hydrogens (tertiary/aromatic N) is 1. The quantitative estimate of drug-likeness (QED) is 0.354. The lowest BCUT2D eigenvalue weighted by atomic mass is 10.1. The number of esters is 1. The van der Waals surface area contributed by atoms with Crippen LogP contribution >= 0.6 is 11.6 Å². The molecule has 1 atom stereocenters. The van der Waals surface area contributed by atoms with Gasteiger partial charge in [0.05, 0.1) is 21.1 Å². The molecule has 0 radical (unpaired) electrons. The van der Waals surface area contributed by atoms with Crippen LogP contribution in [0.15, 0.2) is 36.4 Å². The summed E-state index contributed by atoms with van der Waals surface area (Å²) in [5, 5.41) is 9.99. The predicted octanol–water partition coefficient (Wildman–Crippen LogP) is 5.19. The van der Waals surface area contributed by atoms with Gasteiger partial charge in [0.15, 0.2) is 11.9 Å². The second-order valence-electron chi connectivity index (χ2n) is 5.81. The third-order valence-electron chi connectivity index (χ3n) is 3.75. The first kappa shape index (κ1) is 22.2. The van der Waals surface area contributed by atoms with Gasteiger partial charge < -0.3 is 9.47 Å². The molecule has 0 aliphatic rings. The molecule has 154 valence electrons. The van der Waals surface area contributed by atoms with E-state index < -0.39 is 45.1 Å². The maximum Gasteiger partial charge on any atom is 0.417 e. The van der Waals surface area contributed by atoms with Gasteiger partial charge in [0, 0.05) is 12.1 Å². The highest BCUT2D eigenvalue weighted by atomic mass is 35.5. The van der Waals surface area contributed by atoms with Crippen molar-refractivity contribution in [2.24, 2.45) is 0 Å². The van der Waals surface area contributed by atoms with E-state index in [4.69, 9.17) is 21.1 Å². The fourth-order valence-electron chi connectivity index (χ4n) is 2.14. The minimum atomic E-state index is -4.93. The van der Waals surface area contributed by atoms with E-state index >= 15 is 0 Å². The third-order valence-corrected chi connectivity index (χ3v) is 4.12. The Hall–Kier alpha value is -3.14. The molecule has 2 aromatic rings. The minimum Gasteiger partial charge on any atom is -0.456 e. The monoisotopic (exact) mass is 431 g/mol. The number of alkyl halides is 3. The number of nitro benzene ring substituents is 1. The van der Waals surface area contributed by atoms with E-state index in [1.54, 1.807) is 0 Å². The first-order chi connectivity index (χ1) is 13.4. The lowest BCUT2D eigenvalue weighted by molar-refractivity contribution is -0.384. The molecule has 29 heavy (non-hydrogen) atoms. The first-order valence-electron chi connectivity index (χ1n) is 7.95. The average Bonchev–Trinajstić information content (AvgIpc) is 2.62. The van der Waals surface area contributed by atoms with Crippen molar-refractivity contribution in [3.8, 4) is 11.5 Å². The van der Waals surface area contributed by atoms with E-state index in [-0.39, 0.29) is 17.2 Å². The number of benzene rings is 2. The van der Waals surface area contributed by atoms with Crippen LogP contribution in [0.25, 0.3) is 0 Å². The SMILES string of the molecule is CC(=O)C(C)OC(=O)c1c(C(F)(F)F)ccc(Oc2ccc([N+](=O)[O-])cc2)c1Cl. The molecule has 0 heterocycles. The fraction of sp³-hybridized carbons (Fsp3) is 0.222. The molecule has 2 rings (SSSR count). The predicted molar refractivity (Wildman–Crippen MR) is 95.2 cm³/mol. The molecule has 0 spiro atoms. The molecule has 0 fully saturated rings. The van der Waals surface area contributed by atoms with Gasteiger partial charge in [-0.3, -0.25) is 14.9 Å². The first-order valence-corrected chi connectivity index (χ1v) is 8.33. The number of hydrogen-bond donors (Lipinski definition) is 0. The molecular formula is C18H13ClF3NO6. The Balaban J connectivity index is 2.46. The van der Waals surface area contributed by atoms with Crippen LogP contribution in [-0.4, -0.2) is 22.8 Å². The summed E-state index contributed by atoms with van der Waals surface area (Å²) in [6.07, 6.45) is -6.21. The van der Waals surface area contributed by atoms with E-state index in [0.29, 0.717) is 6.07 Å². The van der Waals surface area contributed by atoms with Crippen molar-refractivity contribution in [1.82, 2.24) is 0 Å². The smallest absolute Gasteiger partial charge is 0.417 e. The highest BCUT2D eigenvalue weighted by Crippen LogP contribution is 2.41. The largest absolute Gasteiger partial charge is 0.456 e. The van der Waals surface area contributed by atoms with Crippen molar-refractivity contribution in [3.05, 3.63) is 62.7 Å². The van der Waals surface area contributed by atoms with E-state index in [0.717, 1.165) is 25.1 Å². The third kappa shape index (κ3) is 5.23. The Kier molecular flexibility index (Phi) is 6.48. The Labute approximate surface area is 167 Å². The van der Waals surface area contributed by atoms with Gasteiger partial charge in [0.25, 0.3) is 5.69 Å². The van der Waals surface area contributed by atoms with E-state index in [9.17, 15) is 32.9 Å². The highest BCUT2D eigenvalue weighted by Gasteiger charge is 2.38. The lowest BCUT2D eigenvalue weighted by Crippen LogP contribution is -2.24. The summed E-state index contributed by atoms with van der Waals surface area (Å²) in [7, 11) is 0. The second kappa shape index (κ2) is 8.48. The summed E-state index contributed by atoms with van der Waals surface area (Å²) in [5.74, 6) is -2.29. The maximum atomic E-state index is 13.3. The number of rotatable bonds is 6. The molecule has 11 heteroatoms. The van der Waals surface area contributed by atoms with Gasteiger partial charge in [-0.2, -0.15) is 13.2 Å². The van der Waals surface area contributed by atoms with Gasteiger partial charge in [0.2, 0.25) is 0 Å². The topological polar surface area (TPSA) is 95.7 Å². The van der Waals surface area contributed by atoms with Crippen molar-refractivity contribution >= 4 is 29.0 Å². The lowest BCUT2D eigenvalue weighted by Gasteiger charge is -2.18. The summed E-state index contributed by atoms with van der Waals surface area (Å²) in [6, 6.07) is 6.15. The number of ketones is 1. The molecule has 1 unspecified atom stereocenters. The van der Waals surface area contributed by atoms with Gasteiger partial charge in [0.1, 0.15) is 11.5 Å². The zero-order valence-corrected chi connectivity index (χ0v) is 15.7. The standard InChI is InChI=1S/C18H13ClF3NO6/c1-9(24)10(2)28-17(25)15-13(18(20,21)22)7-8-14(16(15)19)29-12-5-3-11(4-6-12)23(26)27/h3-8,10H,1-2H3. The second-order valence-corrected chi connectivity index (χ2v) is 6.19. The zero-order chi connectivity index (χ0) is 21.9. The van der Waals surface area contributed by atoms with Crippen molar-refractivity contribution in [1.29, 1.82) is 0 Å². The summed E-state index contributed by atoms with van der Waals surface area (Å²) in [4.78, 5) is 33.6. The number of hydrogen-bond acceptors (Lipinski definition) is 6. The summed E-state index contributed by atoms with van der Waals surface area (Å²) >= 11 is 5.99. The summed E-state index contributed by atoms with van der Waals surface area (Å²) in [5.41, 5.74) is -2.59. The van der Waals surface area contributed by atoms with E-state index in [2.05, 4.69) is 0 Å². The van der Waals surface area contributed by atoms with Gasteiger partial charge in [-0.15, -0.1) is 0 Å². The van der Waals surface area contributed by atoms with Gasteiger partial charge >= 0.3 is 12.1 Å².